The van der Waals surface area contributed by atoms with Crippen LogP contribution < -0.4 is 0 Å². The molecule has 0 radical (unpaired) electrons. The average molecular weight is 198 g/mol. The van der Waals surface area contributed by atoms with Crippen molar-refractivity contribution in [2.24, 2.45) is 5.11 Å². The molecule has 0 fully saturated rings. The summed E-state index contributed by atoms with van der Waals surface area (Å²) >= 11 is 0. The second-order valence-corrected chi connectivity index (χ2v) is 2.33. The highest BCUT2D eigenvalue weighted by Gasteiger charge is 2.22. The summed E-state index contributed by atoms with van der Waals surface area (Å²) in [5.41, 5.74) is 7.83. The van der Waals surface area contributed by atoms with Gasteiger partial charge in [-0.05, 0) is 5.53 Å². The molecule has 0 aliphatic rings. The number of nitrogens with one attached hydrogen (secondary N) is 1. The predicted molar refractivity (Wildman–Crippen MR) is 44.2 cm³/mol. The summed E-state index contributed by atoms with van der Waals surface area (Å²) in [4.78, 5) is 12.2. The Morgan fingerprint density at radius 2 is 2.64 bits per heavy atom. The van der Waals surface area contributed by atoms with Gasteiger partial charge in [0.2, 0.25) is 0 Å². The number of hydrogen-bond donors (Lipinski definition) is 2. The summed E-state index contributed by atoms with van der Waals surface area (Å²) in [6.07, 6.45) is 0.991. The van der Waals surface area contributed by atoms with Gasteiger partial charge in [0.05, 0.1) is 11.5 Å². The third-order valence-electron chi connectivity index (χ3n) is 1.54. The molecule has 2 N–H and O–H groups in total. The van der Waals surface area contributed by atoms with Gasteiger partial charge >= 0.3 is 5.69 Å². The topological polar surface area (TPSA) is 141 Å². The Morgan fingerprint density at radius 3 is 3.14 bits per heavy atom. The molecule has 1 heterocycles. The molecule has 9 nitrogen and oxygen atoms in total. The lowest BCUT2D eigenvalue weighted by molar-refractivity contribution is -0.385. The van der Waals surface area contributed by atoms with Gasteiger partial charge in [0.1, 0.15) is 17.9 Å². The highest BCUT2D eigenvalue weighted by atomic mass is 16.6. The lowest BCUT2D eigenvalue weighted by Crippen LogP contribution is -2.03. The van der Waals surface area contributed by atoms with E-state index in [1.165, 1.54) is 0 Å². The van der Waals surface area contributed by atoms with Crippen LogP contribution in [0.15, 0.2) is 11.3 Å². The average Bonchev–Trinajstić information content (AvgIpc) is 2.62. The van der Waals surface area contributed by atoms with E-state index < -0.39 is 17.6 Å². The first kappa shape index (κ1) is 9.96. The van der Waals surface area contributed by atoms with Crippen LogP contribution in [0.25, 0.3) is 10.4 Å². The van der Waals surface area contributed by atoms with Crippen molar-refractivity contribution in [2.75, 3.05) is 6.61 Å². The van der Waals surface area contributed by atoms with Gasteiger partial charge in [-0.15, -0.1) is 0 Å². The lowest BCUT2D eigenvalue weighted by atomic mass is 10.2. The van der Waals surface area contributed by atoms with Crippen molar-refractivity contribution in [1.29, 1.82) is 0 Å². The number of aromatic amines is 1. The molecule has 9 heteroatoms. The fourth-order valence-corrected chi connectivity index (χ4v) is 0.928. The summed E-state index contributed by atoms with van der Waals surface area (Å²) in [7, 11) is 0. The second-order valence-electron chi connectivity index (χ2n) is 2.33. The monoisotopic (exact) mass is 198 g/mol. The molecule has 0 bridgehead atoms. The quantitative estimate of drug-likeness (QED) is 0.241. The van der Waals surface area contributed by atoms with Gasteiger partial charge in [0.25, 0.3) is 0 Å². The van der Waals surface area contributed by atoms with Crippen molar-refractivity contribution in [1.82, 2.24) is 10.2 Å². The molecule has 0 amide bonds. The zero-order valence-corrected chi connectivity index (χ0v) is 6.86. The number of aliphatic hydroxyl groups excluding tert-OH is 1. The lowest BCUT2D eigenvalue weighted by Gasteiger charge is -2.02. The van der Waals surface area contributed by atoms with Crippen LogP contribution in [0, 0.1) is 10.1 Å². The molecule has 1 rings (SSSR count). The fraction of sp³-hybridized carbons (Fsp3) is 0.400. The summed E-state index contributed by atoms with van der Waals surface area (Å²) < 4.78 is 0. The van der Waals surface area contributed by atoms with E-state index in [1.807, 2.05) is 0 Å². The van der Waals surface area contributed by atoms with E-state index in [0.29, 0.717) is 0 Å². The van der Waals surface area contributed by atoms with Crippen LogP contribution in [0.4, 0.5) is 5.69 Å². The maximum absolute atomic E-state index is 10.4. The van der Waals surface area contributed by atoms with Gasteiger partial charge in [0.15, 0.2) is 0 Å². The maximum Gasteiger partial charge on any atom is 0.310 e. The van der Waals surface area contributed by atoms with Gasteiger partial charge in [-0.25, -0.2) is 0 Å². The third-order valence-corrected chi connectivity index (χ3v) is 1.54. The number of nitrogens with zero attached hydrogens (tertiary/aromatic N) is 5. The van der Waals surface area contributed by atoms with Crippen LogP contribution in [0.3, 0.4) is 0 Å². The Hall–Kier alpha value is -2.12. The highest BCUT2D eigenvalue weighted by Crippen LogP contribution is 2.24. The van der Waals surface area contributed by atoms with E-state index in [2.05, 4.69) is 20.2 Å². The molecule has 1 aromatic rings. The summed E-state index contributed by atoms with van der Waals surface area (Å²) in [5, 5.41) is 28.2. The number of rotatable bonds is 4. The Balaban J connectivity index is 3.09. The van der Waals surface area contributed by atoms with Crippen LogP contribution >= 0.6 is 0 Å². The highest BCUT2D eigenvalue weighted by molar-refractivity contribution is 5.34. The van der Waals surface area contributed by atoms with E-state index in [9.17, 15) is 10.1 Å². The molecule has 0 aromatic carbocycles. The molecule has 1 atom stereocenters. The standard InChI is InChI=1S/C5H6N6O3/c6-10-8-3(2-12)5-4(11(13)14)1-7-9-5/h1,3,12H,2H2,(H,7,9). The first-order chi connectivity index (χ1) is 6.70. The molecule has 1 unspecified atom stereocenters. The van der Waals surface area contributed by atoms with E-state index in [4.69, 9.17) is 10.6 Å². The maximum atomic E-state index is 10.4. The van der Waals surface area contributed by atoms with Crippen molar-refractivity contribution >= 4 is 5.69 Å². The smallest absolute Gasteiger partial charge is 0.310 e. The summed E-state index contributed by atoms with van der Waals surface area (Å²) in [6.45, 7) is -0.521. The molecular formula is C5H6N6O3. The molecule has 0 aliphatic carbocycles. The van der Waals surface area contributed by atoms with Gasteiger partial charge in [-0.1, -0.05) is 5.11 Å². The molecule has 0 aliphatic heterocycles. The van der Waals surface area contributed by atoms with Crippen molar-refractivity contribution < 1.29 is 10.0 Å². The van der Waals surface area contributed by atoms with Gasteiger partial charge in [0, 0.05) is 4.91 Å². The zero-order valence-electron chi connectivity index (χ0n) is 6.86. The SMILES string of the molecule is [N-]=[N+]=NC(CO)c1[nH]ncc1[N+](=O)[O-]. The number of aromatic nitrogens is 2. The summed E-state index contributed by atoms with van der Waals surface area (Å²) in [5.74, 6) is 0. The van der Waals surface area contributed by atoms with E-state index in [-0.39, 0.29) is 11.4 Å². The van der Waals surface area contributed by atoms with Crippen molar-refractivity contribution in [3.8, 4) is 0 Å². The number of nitro groups is 1. The Kier molecular flexibility index (Phi) is 3.00. The van der Waals surface area contributed by atoms with Gasteiger partial charge < -0.3 is 5.11 Å². The van der Waals surface area contributed by atoms with E-state index >= 15 is 0 Å². The largest absolute Gasteiger partial charge is 0.396 e. The van der Waals surface area contributed by atoms with Crippen molar-refractivity contribution in [2.45, 2.75) is 6.04 Å². The minimum atomic E-state index is -1.01. The molecule has 0 saturated carbocycles. The van der Waals surface area contributed by atoms with E-state index in [1.54, 1.807) is 0 Å². The molecule has 74 valence electrons. The second kappa shape index (κ2) is 4.21. The number of hydrogen-bond acceptors (Lipinski definition) is 5. The number of azide groups is 1. The van der Waals surface area contributed by atoms with Crippen LogP contribution in [-0.2, 0) is 0 Å². The predicted octanol–water partition coefficient (Wildman–Crippen LogP) is 0.662. The van der Waals surface area contributed by atoms with E-state index in [0.717, 1.165) is 6.20 Å². The normalized spacial score (nSPS) is 11.8. The molecular weight excluding hydrogens is 192 g/mol. The zero-order chi connectivity index (χ0) is 10.6. The summed E-state index contributed by atoms with van der Waals surface area (Å²) in [6, 6.07) is -1.01. The Bertz CT molecular complexity index is 381. The van der Waals surface area contributed by atoms with Crippen LogP contribution in [0.1, 0.15) is 11.7 Å². The van der Waals surface area contributed by atoms with Crippen LogP contribution in [0.5, 0.6) is 0 Å². The third kappa shape index (κ3) is 1.79. The first-order valence-corrected chi connectivity index (χ1v) is 3.53. The van der Waals surface area contributed by atoms with Gasteiger partial charge in [-0.2, -0.15) is 5.10 Å². The number of aliphatic hydroxyl groups is 1. The molecule has 0 saturated heterocycles. The molecule has 0 spiro atoms. The Morgan fingerprint density at radius 1 is 1.93 bits per heavy atom. The minimum absolute atomic E-state index is 0.00435. The molecule has 1 aromatic heterocycles. The van der Waals surface area contributed by atoms with Crippen molar-refractivity contribution in [3.63, 3.8) is 0 Å². The minimum Gasteiger partial charge on any atom is -0.396 e. The van der Waals surface area contributed by atoms with Crippen LogP contribution in [0.2, 0.25) is 0 Å². The Labute approximate surface area is 77.1 Å². The fourth-order valence-electron chi connectivity index (χ4n) is 0.928. The van der Waals surface area contributed by atoms with Crippen molar-refractivity contribution in [3.05, 3.63) is 32.4 Å². The first-order valence-electron chi connectivity index (χ1n) is 3.53. The van der Waals surface area contributed by atoms with Crippen LogP contribution in [-0.4, -0.2) is 26.8 Å². The van der Waals surface area contributed by atoms with Gasteiger partial charge in [-0.3, -0.25) is 15.2 Å². The number of H-pyrrole nitrogens is 1. The molecule has 14 heavy (non-hydrogen) atoms.